The number of carbonyl (C=O) groups is 1. The zero-order chi connectivity index (χ0) is 15.6. The van der Waals surface area contributed by atoms with Gasteiger partial charge in [0.25, 0.3) is 5.91 Å². The van der Waals surface area contributed by atoms with E-state index in [1.807, 2.05) is 0 Å². The van der Waals surface area contributed by atoms with E-state index in [0.717, 1.165) is 16.6 Å². The summed E-state index contributed by atoms with van der Waals surface area (Å²) in [5.74, 6) is -2.26. The van der Waals surface area contributed by atoms with E-state index in [-0.39, 0.29) is 0 Å². The first kappa shape index (κ1) is 15.9. The Kier molecular flexibility index (Phi) is 4.96. The van der Waals surface area contributed by atoms with Gasteiger partial charge in [-0.2, -0.15) is 0 Å². The average molecular weight is 375 g/mol. The summed E-state index contributed by atoms with van der Waals surface area (Å²) in [7, 11) is 0. The van der Waals surface area contributed by atoms with E-state index >= 15 is 0 Å². The molecule has 2 nitrogen and oxygen atoms in total. The lowest BCUT2D eigenvalue weighted by Gasteiger charge is -2.15. The Hall–Kier alpha value is -1.46. The summed E-state index contributed by atoms with van der Waals surface area (Å²) in [4.78, 5) is 12.2. The van der Waals surface area contributed by atoms with Crippen molar-refractivity contribution in [1.29, 1.82) is 0 Å². The second kappa shape index (κ2) is 6.54. The van der Waals surface area contributed by atoms with E-state index in [2.05, 4.69) is 21.2 Å². The average Bonchev–Trinajstić information content (AvgIpc) is 2.44. The highest BCUT2D eigenvalue weighted by atomic mass is 79.9. The van der Waals surface area contributed by atoms with Gasteiger partial charge in [0.1, 0.15) is 0 Å². The molecule has 1 atom stereocenters. The first-order chi connectivity index (χ1) is 9.88. The topological polar surface area (TPSA) is 29.1 Å². The van der Waals surface area contributed by atoms with Crippen LogP contribution in [0.3, 0.4) is 0 Å². The summed E-state index contributed by atoms with van der Waals surface area (Å²) in [6.45, 7) is 1.68. The highest BCUT2D eigenvalue weighted by Crippen LogP contribution is 2.22. The van der Waals surface area contributed by atoms with Crippen LogP contribution >= 0.6 is 27.5 Å². The molecule has 1 amide bonds. The molecule has 0 bridgehead atoms. The zero-order valence-corrected chi connectivity index (χ0v) is 13.3. The van der Waals surface area contributed by atoms with Crippen LogP contribution in [-0.4, -0.2) is 5.91 Å². The van der Waals surface area contributed by atoms with E-state index in [4.69, 9.17) is 11.6 Å². The van der Waals surface area contributed by atoms with Crippen LogP contribution in [-0.2, 0) is 0 Å². The first-order valence-corrected chi connectivity index (χ1v) is 7.26. The maximum Gasteiger partial charge on any atom is 0.253 e. The van der Waals surface area contributed by atoms with Crippen molar-refractivity contribution >= 4 is 33.4 Å². The standard InChI is InChI=1S/C15H11BrClF2NO/c1-8(9-2-5-13(18)14(19)6-9)20-15(21)11-7-10(16)3-4-12(11)17/h2-8H,1H3,(H,20,21). The molecule has 2 aromatic rings. The Balaban J connectivity index is 2.18. The van der Waals surface area contributed by atoms with Gasteiger partial charge in [-0.15, -0.1) is 0 Å². The highest BCUT2D eigenvalue weighted by molar-refractivity contribution is 9.10. The summed E-state index contributed by atoms with van der Waals surface area (Å²) in [5, 5.41) is 3.01. The summed E-state index contributed by atoms with van der Waals surface area (Å²) in [6.07, 6.45) is 0. The fourth-order valence-corrected chi connectivity index (χ4v) is 2.38. The van der Waals surface area contributed by atoms with Crippen molar-refractivity contribution < 1.29 is 13.6 Å². The molecule has 0 saturated heterocycles. The number of hydrogen-bond acceptors (Lipinski definition) is 1. The Morgan fingerprint density at radius 1 is 1.19 bits per heavy atom. The number of carbonyl (C=O) groups excluding carboxylic acids is 1. The molecule has 21 heavy (non-hydrogen) atoms. The molecular weight excluding hydrogens is 364 g/mol. The minimum absolute atomic E-state index is 0.306. The molecule has 1 N–H and O–H groups in total. The normalized spacial score (nSPS) is 12.0. The van der Waals surface area contributed by atoms with Crippen molar-refractivity contribution in [1.82, 2.24) is 5.32 Å². The predicted octanol–water partition coefficient (Wildman–Crippen LogP) is 4.87. The van der Waals surface area contributed by atoms with Gasteiger partial charge in [-0.25, -0.2) is 8.78 Å². The van der Waals surface area contributed by atoms with E-state index in [1.165, 1.54) is 6.07 Å². The number of halogens is 4. The van der Waals surface area contributed by atoms with Crippen molar-refractivity contribution in [3.05, 3.63) is 68.7 Å². The first-order valence-electron chi connectivity index (χ1n) is 6.09. The molecule has 0 heterocycles. The summed E-state index contributed by atoms with van der Waals surface area (Å²) in [5.41, 5.74) is 0.772. The van der Waals surface area contributed by atoms with E-state index in [0.29, 0.717) is 16.1 Å². The quantitative estimate of drug-likeness (QED) is 0.816. The van der Waals surface area contributed by atoms with Crippen LogP contribution in [0.2, 0.25) is 5.02 Å². The van der Waals surface area contributed by atoms with Gasteiger partial charge in [-0.3, -0.25) is 4.79 Å². The molecule has 0 radical (unpaired) electrons. The predicted molar refractivity (Wildman–Crippen MR) is 81.4 cm³/mol. The van der Waals surface area contributed by atoms with Crippen molar-refractivity contribution in [3.8, 4) is 0 Å². The molecule has 0 aromatic heterocycles. The second-order valence-electron chi connectivity index (χ2n) is 4.49. The van der Waals surface area contributed by atoms with Gasteiger partial charge in [-0.1, -0.05) is 33.6 Å². The van der Waals surface area contributed by atoms with Crippen molar-refractivity contribution in [3.63, 3.8) is 0 Å². The number of nitrogens with one attached hydrogen (secondary N) is 1. The monoisotopic (exact) mass is 373 g/mol. The van der Waals surface area contributed by atoms with Crippen molar-refractivity contribution in [2.24, 2.45) is 0 Å². The van der Waals surface area contributed by atoms with Gasteiger partial charge in [-0.05, 0) is 42.8 Å². The van der Waals surface area contributed by atoms with E-state index in [9.17, 15) is 13.6 Å². The molecule has 0 saturated carbocycles. The highest BCUT2D eigenvalue weighted by Gasteiger charge is 2.15. The minimum atomic E-state index is -0.950. The molecule has 0 aliphatic rings. The lowest BCUT2D eigenvalue weighted by atomic mass is 10.1. The molecule has 2 aromatic carbocycles. The second-order valence-corrected chi connectivity index (χ2v) is 5.82. The van der Waals surface area contributed by atoms with Crippen LogP contribution in [0.15, 0.2) is 40.9 Å². The molecule has 0 spiro atoms. The fraction of sp³-hybridized carbons (Fsp3) is 0.133. The lowest BCUT2D eigenvalue weighted by Crippen LogP contribution is -2.27. The van der Waals surface area contributed by atoms with Gasteiger partial charge < -0.3 is 5.32 Å². The van der Waals surface area contributed by atoms with Crippen molar-refractivity contribution in [2.75, 3.05) is 0 Å². The Bertz CT molecular complexity index is 693. The molecule has 0 aliphatic carbocycles. The SMILES string of the molecule is CC(NC(=O)c1cc(Br)ccc1Cl)c1ccc(F)c(F)c1. The van der Waals surface area contributed by atoms with Crippen LogP contribution in [0.4, 0.5) is 8.78 Å². The largest absolute Gasteiger partial charge is 0.345 e. The zero-order valence-electron chi connectivity index (χ0n) is 11.0. The summed E-state index contributed by atoms with van der Waals surface area (Å²) in [6, 6.07) is 7.94. The van der Waals surface area contributed by atoms with Crippen LogP contribution in [0.5, 0.6) is 0 Å². The molecule has 6 heteroatoms. The van der Waals surface area contributed by atoms with Crippen LogP contribution in [0, 0.1) is 11.6 Å². The summed E-state index contributed by atoms with van der Waals surface area (Å²) < 4.78 is 26.8. The maximum atomic E-state index is 13.2. The molecule has 1 unspecified atom stereocenters. The molecule has 0 fully saturated rings. The van der Waals surface area contributed by atoms with Gasteiger partial charge in [0, 0.05) is 4.47 Å². The number of amides is 1. The molecule has 2 rings (SSSR count). The smallest absolute Gasteiger partial charge is 0.253 e. The Morgan fingerprint density at radius 3 is 2.57 bits per heavy atom. The van der Waals surface area contributed by atoms with E-state index < -0.39 is 23.6 Å². The van der Waals surface area contributed by atoms with Crippen LogP contribution in [0.25, 0.3) is 0 Å². The maximum absolute atomic E-state index is 13.2. The molecular formula is C15H11BrClF2NO. The third-order valence-electron chi connectivity index (χ3n) is 2.96. The van der Waals surface area contributed by atoms with Gasteiger partial charge in [0.05, 0.1) is 16.6 Å². The Labute approximate surface area is 134 Å². The van der Waals surface area contributed by atoms with Gasteiger partial charge >= 0.3 is 0 Å². The van der Waals surface area contributed by atoms with E-state index in [1.54, 1.807) is 25.1 Å². The van der Waals surface area contributed by atoms with Gasteiger partial charge in [0.2, 0.25) is 0 Å². The van der Waals surface area contributed by atoms with Crippen LogP contribution in [0.1, 0.15) is 28.9 Å². The third kappa shape index (κ3) is 3.80. The lowest BCUT2D eigenvalue weighted by molar-refractivity contribution is 0.0940. The number of rotatable bonds is 3. The molecule has 110 valence electrons. The van der Waals surface area contributed by atoms with Crippen molar-refractivity contribution in [2.45, 2.75) is 13.0 Å². The summed E-state index contributed by atoms with van der Waals surface area (Å²) >= 11 is 9.24. The Morgan fingerprint density at radius 2 is 1.90 bits per heavy atom. The number of hydrogen-bond donors (Lipinski definition) is 1. The van der Waals surface area contributed by atoms with Gasteiger partial charge in [0.15, 0.2) is 11.6 Å². The minimum Gasteiger partial charge on any atom is -0.345 e. The third-order valence-corrected chi connectivity index (χ3v) is 3.79. The molecule has 0 aliphatic heterocycles. The number of benzene rings is 2. The fourth-order valence-electron chi connectivity index (χ4n) is 1.81. The van der Waals surface area contributed by atoms with Crippen LogP contribution < -0.4 is 5.32 Å².